The average molecular weight is 230 g/mol. The van der Waals surface area contributed by atoms with Crippen LogP contribution in [-0.2, 0) is 9.59 Å². The molecule has 0 aliphatic rings. The van der Waals surface area contributed by atoms with Crippen LogP contribution in [0, 0.1) is 0 Å². The molecule has 0 saturated heterocycles. The minimum Gasteiger partial charge on any atom is -0.481 e. The molecule has 0 heterocycles. The Hall–Kier alpha value is -1.10. The fraction of sp³-hybridized carbons (Fsp3) is 0.818. The number of carboxylic acid groups (broad SMARTS) is 1. The summed E-state index contributed by atoms with van der Waals surface area (Å²) in [4.78, 5) is 21.7. The number of rotatable bonds is 9. The molecule has 0 aliphatic heterocycles. The smallest absolute Gasteiger partial charge is 0.303 e. The maximum absolute atomic E-state index is 11.5. The van der Waals surface area contributed by atoms with E-state index in [4.69, 9.17) is 5.11 Å². The van der Waals surface area contributed by atoms with Gasteiger partial charge in [0.25, 0.3) is 0 Å². The zero-order valence-electron chi connectivity index (χ0n) is 10.1. The van der Waals surface area contributed by atoms with Crippen LogP contribution in [-0.4, -0.2) is 36.1 Å². The van der Waals surface area contributed by atoms with E-state index < -0.39 is 5.97 Å². The van der Waals surface area contributed by atoms with E-state index in [9.17, 15) is 9.59 Å². The second kappa shape index (κ2) is 9.15. The fourth-order valence-corrected chi connectivity index (χ4v) is 1.19. The van der Waals surface area contributed by atoms with Crippen molar-refractivity contribution < 1.29 is 14.7 Å². The lowest BCUT2D eigenvalue weighted by molar-refractivity contribution is -0.137. The quantitative estimate of drug-likeness (QED) is 0.511. The van der Waals surface area contributed by atoms with Crippen LogP contribution in [0.1, 0.15) is 39.5 Å². The summed E-state index contributed by atoms with van der Waals surface area (Å²) in [6.45, 7) is 5.10. The Morgan fingerprint density at radius 3 is 2.50 bits per heavy atom. The molecule has 0 aromatic carbocycles. The first-order valence-electron chi connectivity index (χ1n) is 5.80. The molecule has 0 spiro atoms. The maximum Gasteiger partial charge on any atom is 0.303 e. The van der Waals surface area contributed by atoms with E-state index in [2.05, 4.69) is 17.6 Å². The van der Waals surface area contributed by atoms with E-state index in [-0.39, 0.29) is 18.4 Å². The van der Waals surface area contributed by atoms with E-state index >= 15 is 0 Å². The molecular formula is C11H22N2O3. The zero-order chi connectivity index (χ0) is 12.4. The molecule has 0 rings (SSSR count). The molecule has 0 bridgehead atoms. The van der Waals surface area contributed by atoms with Gasteiger partial charge in [0.2, 0.25) is 5.91 Å². The summed E-state index contributed by atoms with van der Waals surface area (Å²) < 4.78 is 0. The van der Waals surface area contributed by atoms with Crippen LogP contribution >= 0.6 is 0 Å². The second-order valence-corrected chi connectivity index (χ2v) is 3.82. The van der Waals surface area contributed by atoms with Crippen molar-refractivity contribution in [3.8, 4) is 0 Å². The first-order chi connectivity index (χ1) is 7.57. The topological polar surface area (TPSA) is 78.4 Å². The second-order valence-electron chi connectivity index (χ2n) is 3.82. The minimum absolute atomic E-state index is 0.0243. The lowest BCUT2D eigenvalue weighted by atomic mass is 10.2. The number of carbonyl (C=O) groups is 2. The van der Waals surface area contributed by atoms with Gasteiger partial charge < -0.3 is 15.7 Å². The molecule has 0 aromatic rings. The summed E-state index contributed by atoms with van der Waals surface area (Å²) in [5.41, 5.74) is 0. The minimum atomic E-state index is -0.804. The lowest BCUT2D eigenvalue weighted by Gasteiger charge is -2.13. The van der Waals surface area contributed by atoms with Crippen molar-refractivity contribution in [2.24, 2.45) is 0 Å². The van der Waals surface area contributed by atoms with Gasteiger partial charge in [-0.2, -0.15) is 0 Å². The van der Waals surface area contributed by atoms with Crippen LogP contribution in [0.4, 0.5) is 0 Å². The third-order valence-corrected chi connectivity index (χ3v) is 2.24. The van der Waals surface area contributed by atoms with E-state index in [1.54, 1.807) is 6.92 Å². The summed E-state index contributed by atoms with van der Waals surface area (Å²) >= 11 is 0. The van der Waals surface area contributed by atoms with Gasteiger partial charge in [-0.25, -0.2) is 0 Å². The number of hydrogen-bond donors (Lipinski definition) is 3. The molecule has 0 saturated carbocycles. The van der Waals surface area contributed by atoms with Gasteiger partial charge in [-0.15, -0.1) is 0 Å². The number of unbranched alkanes of at least 4 members (excludes halogenated alkanes) is 1. The van der Waals surface area contributed by atoms with Gasteiger partial charge in [0.05, 0.1) is 6.04 Å². The number of aliphatic carboxylic acids is 1. The van der Waals surface area contributed by atoms with Gasteiger partial charge in [0.15, 0.2) is 0 Å². The van der Waals surface area contributed by atoms with Gasteiger partial charge in [-0.3, -0.25) is 9.59 Å². The van der Waals surface area contributed by atoms with Gasteiger partial charge in [0, 0.05) is 13.0 Å². The summed E-state index contributed by atoms with van der Waals surface area (Å²) in [6, 6.07) is -0.259. The molecule has 1 amide bonds. The summed E-state index contributed by atoms with van der Waals surface area (Å²) in [5.74, 6) is -0.828. The van der Waals surface area contributed by atoms with Crippen LogP contribution in [0.25, 0.3) is 0 Å². The van der Waals surface area contributed by atoms with Gasteiger partial charge in [-0.1, -0.05) is 13.3 Å². The number of hydrogen-bond acceptors (Lipinski definition) is 3. The molecule has 1 unspecified atom stereocenters. The molecule has 0 aliphatic carbocycles. The number of carboxylic acids is 1. The third-order valence-electron chi connectivity index (χ3n) is 2.24. The molecule has 3 N–H and O–H groups in total. The van der Waals surface area contributed by atoms with E-state index in [1.807, 2.05) is 0 Å². The van der Waals surface area contributed by atoms with Crippen molar-refractivity contribution in [2.45, 2.75) is 45.6 Å². The molecule has 16 heavy (non-hydrogen) atoms. The highest BCUT2D eigenvalue weighted by molar-refractivity contribution is 5.81. The standard InChI is InChI=1S/C11H22N2O3/c1-3-4-7-13-11(16)9(2)12-8-5-6-10(14)15/h9,12H,3-8H2,1-2H3,(H,13,16)(H,14,15). The van der Waals surface area contributed by atoms with Crippen molar-refractivity contribution in [1.29, 1.82) is 0 Å². The van der Waals surface area contributed by atoms with Crippen LogP contribution in [0.15, 0.2) is 0 Å². The Labute approximate surface area is 96.6 Å². The molecule has 94 valence electrons. The fourth-order valence-electron chi connectivity index (χ4n) is 1.19. The first kappa shape index (κ1) is 14.9. The SMILES string of the molecule is CCCCNC(=O)C(C)NCCCC(=O)O. The van der Waals surface area contributed by atoms with E-state index in [0.717, 1.165) is 12.8 Å². The van der Waals surface area contributed by atoms with E-state index in [1.165, 1.54) is 0 Å². The Kier molecular flexibility index (Phi) is 8.52. The van der Waals surface area contributed by atoms with Crippen molar-refractivity contribution in [2.75, 3.05) is 13.1 Å². The first-order valence-corrected chi connectivity index (χ1v) is 5.80. The highest BCUT2D eigenvalue weighted by Crippen LogP contribution is 1.89. The molecule has 1 atom stereocenters. The highest BCUT2D eigenvalue weighted by Gasteiger charge is 2.10. The normalized spacial score (nSPS) is 12.1. The Balaban J connectivity index is 3.51. The molecule has 0 fully saturated rings. The molecule has 0 aromatic heterocycles. The van der Waals surface area contributed by atoms with E-state index in [0.29, 0.717) is 19.5 Å². The Morgan fingerprint density at radius 2 is 1.94 bits per heavy atom. The summed E-state index contributed by atoms with van der Waals surface area (Å²) in [6.07, 6.45) is 2.72. The number of carbonyl (C=O) groups excluding carboxylic acids is 1. The number of nitrogens with one attached hydrogen (secondary N) is 2. The molecule has 0 radical (unpaired) electrons. The van der Waals surface area contributed by atoms with Gasteiger partial charge in [0.1, 0.15) is 0 Å². The zero-order valence-corrected chi connectivity index (χ0v) is 10.1. The Bertz CT molecular complexity index is 219. The largest absolute Gasteiger partial charge is 0.481 e. The third kappa shape index (κ3) is 8.23. The van der Waals surface area contributed by atoms with Crippen molar-refractivity contribution >= 4 is 11.9 Å². The van der Waals surface area contributed by atoms with Crippen molar-refractivity contribution in [3.05, 3.63) is 0 Å². The maximum atomic E-state index is 11.5. The summed E-state index contributed by atoms with van der Waals surface area (Å²) in [5, 5.41) is 14.2. The average Bonchev–Trinajstić information content (AvgIpc) is 2.24. The lowest BCUT2D eigenvalue weighted by Crippen LogP contribution is -2.42. The van der Waals surface area contributed by atoms with Gasteiger partial charge in [-0.05, 0) is 26.3 Å². The van der Waals surface area contributed by atoms with Crippen LogP contribution in [0.3, 0.4) is 0 Å². The van der Waals surface area contributed by atoms with Crippen LogP contribution < -0.4 is 10.6 Å². The molecule has 5 nitrogen and oxygen atoms in total. The van der Waals surface area contributed by atoms with Crippen molar-refractivity contribution in [1.82, 2.24) is 10.6 Å². The molecular weight excluding hydrogens is 208 g/mol. The Morgan fingerprint density at radius 1 is 1.25 bits per heavy atom. The monoisotopic (exact) mass is 230 g/mol. The van der Waals surface area contributed by atoms with Crippen LogP contribution in [0.2, 0.25) is 0 Å². The predicted octanol–water partition coefficient (Wildman–Crippen LogP) is 0.746. The number of amides is 1. The van der Waals surface area contributed by atoms with Crippen LogP contribution in [0.5, 0.6) is 0 Å². The molecule has 5 heteroatoms. The summed E-state index contributed by atoms with van der Waals surface area (Å²) in [7, 11) is 0. The van der Waals surface area contributed by atoms with Gasteiger partial charge >= 0.3 is 5.97 Å². The predicted molar refractivity (Wildman–Crippen MR) is 62.3 cm³/mol. The van der Waals surface area contributed by atoms with Crippen molar-refractivity contribution in [3.63, 3.8) is 0 Å². The highest BCUT2D eigenvalue weighted by atomic mass is 16.4.